The number of rotatable bonds is 8. The van der Waals surface area contributed by atoms with Crippen LogP contribution < -0.4 is 16.1 Å². The molecular weight excluding hydrogens is 460 g/mol. The number of hydrogen-bond acceptors (Lipinski definition) is 8. The van der Waals surface area contributed by atoms with Crippen molar-refractivity contribution in [3.63, 3.8) is 0 Å². The lowest BCUT2D eigenvalue weighted by Crippen LogP contribution is -2.51. The summed E-state index contributed by atoms with van der Waals surface area (Å²) >= 11 is 2.58. The molecule has 1 aromatic heterocycles. The highest BCUT2D eigenvalue weighted by atomic mass is 32.2. The minimum atomic E-state index is -0.859. The fourth-order valence-corrected chi connectivity index (χ4v) is 5.88. The van der Waals surface area contributed by atoms with Crippen LogP contribution in [0, 0.1) is 0 Å². The van der Waals surface area contributed by atoms with Crippen LogP contribution >= 0.6 is 23.1 Å². The molecule has 0 unspecified atom stereocenters. The molecule has 9 nitrogen and oxygen atoms in total. The standard InChI is InChI=1S/C22H28N6O3S2/c1-3-14-9-8-10-15(4-2)17(14)23-19-25-26-21(33-19)32-13-16(29)27-28-18(30)22(24-20(28)31)11-6-5-7-12-22/h8-10H,3-7,11-13H2,1-2H3,(H,23,25)(H,24,31)(H,27,29). The number of nitrogens with zero attached hydrogens (tertiary/aromatic N) is 3. The SMILES string of the molecule is CCc1cccc(CC)c1Nc1nnc(SCC(=O)NN2C(=O)NC3(CCCCC3)C2=O)s1. The third-order valence-corrected chi connectivity index (χ3v) is 8.04. The first-order valence-electron chi connectivity index (χ1n) is 11.3. The van der Waals surface area contributed by atoms with Crippen LogP contribution in [0.25, 0.3) is 0 Å². The molecule has 0 radical (unpaired) electrons. The Morgan fingerprint density at radius 1 is 1.15 bits per heavy atom. The molecule has 176 valence electrons. The molecule has 0 bridgehead atoms. The number of aryl methyl sites for hydroxylation is 2. The van der Waals surface area contributed by atoms with Crippen molar-refractivity contribution in [1.29, 1.82) is 0 Å². The van der Waals surface area contributed by atoms with Crippen LogP contribution in [0.15, 0.2) is 22.5 Å². The number of anilines is 2. The van der Waals surface area contributed by atoms with Gasteiger partial charge in [0.05, 0.1) is 5.75 Å². The zero-order chi connectivity index (χ0) is 23.4. The van der Waals surface area contributed by atoms with E-state index in [1.165, 1.54) is 34.2 Å². The Hall–Kier alpha value is -2.66. The smallest absolute Gasteiger partial charge is 0.330 e. The van der Waals surface area contributed by atoms with Crippen LogP contribution in [0.5, 0.6) is 0 Å². The van der Waals surface area contributed by atoms with Crippen molar-refractivity contribution < 1.29 is 14.4 Å². The second-order valence-corrected chi connectivity index (χ2v) is 10.4. The Balaban J connectivity index is 1.33. The first kappa shape index (κ1) is 23.5. The largest absolute Gasteiger partial charge is 0.344 e. The number of imide groups is 1. The van der Waals surface area contributed by atoms with Gasteiger partial charge in [0.25, 0.3) is 5.91 Å². The zero-order valence-electron chi connectivity index (χ0n) is 18.8. The Kier molecular flexibility index (Phi) is 7.18. The second kappa shape index (κ2) is 10.1. The van der Waals surface area contributed by atoms with Crippen molar-refractivity contribution in [2.75, 3.05) is 11.1 Å². The lowest BCUT2D eigenvalue weighted by atomic mass is 9.82. The summed E-state index contributed by atoms with van der Waals surface area (Å²) in [5, 5.41) is 16.0. The van der Waals surface area contributed by atoms with Crippen molar-refractivity contribution in [3.8, 4) is 0 Å². The van der Waals surface area contributed by atoms with E-state index >= 15 is 0 Å². The number of hydrogen-bond donors (Lipinski definition) is 3. The van der Waals surface area contributed by atoms with Gasteiger partial charge < -0.3 is 10.6 Å². The number of amides is 4. The van der Waals surface area contributed by atoms with Gasteiger partial charge >= 0.3 is 6.03 Å². The van der Waals surface area contributed by atoms with Crippen LogP contribution in [0.4, 0.5) is 15.6 Å². The van der Waals surface area contributed by atoms with E-state index in [9.17, 15) is 14.4 Å². The highest BCUT2D eigenvalue weighted by molar-refractivity contribution is 8.01. The number of thioether (sulfide) groups is 1. The summed E-state index contributed by atoms with van der Waals surface area (Å²) in [4.78, 5) is 37.5. The molecule has 1 aliphatic carbocycles. The van der Waals surface area contributed by atoms with Gasteiger partial charge in [-0.3, -0.25) is 15.0 Å². The van der Waals surface area contributed by atoms with Crippen molar-refractivity contribution in [3.05, 3.63) is 29.3 Å². The molecule has 3 N–H and O–H groups in total. The average Bonchev–Trinajstić information content (AvgIpc) is 3.36. The van der Waals surface area contributed by atoms with E-state index < -0.39 is 17.5 Å². The zero-order valence-corrected chi connectivity index (χ0v) is 20.4. The van der Waals surface area contributed by atoms with Crippen LogP contribution in [-0.4, -0.2) is 44.3 Å². The number of carbonyl (C=O) groups is 3. The number of urea groups is 1. The number of aromatic nitrogens is 2. The van der Waals surface area contributed by atoms with Crippen LogP contribution in [0.2, 0.25) is 0 Å². The molecule has 11 heteroatoms. The van der Waals surface area contributed by atoms with Gasteiger partial charge in [0, 0.05) is 5.69 Å². The Morgan fingerprint density at radius 2 is 1.85 bits per heavy atom. The van der Waals surface area contributed by atoms with E-state index in [0.29, 0.717) is 22.3 Å². The maximum Gasteiger partial charge on any atom is 0.344 e. The Labute approximate surface area is 201 Å². The summed E-state index contributed by atoms with van der Waals surface area (Å²) in [6.07, 6.45) is 5.86. The predicted molar refractivity (Wildman–Crippen MR) is 128 cm³/mol. The summed E-state index contributed by atoms with van der Waals surface area (Å²) in [7, 11) is 0. The number of carbonyl (C=O) groups excluding carboxylic acids is 3. The number of para-hydroxylation sites is 1. The van der Waals surface area contributed by atoms with E-state index in [2.05, 4.69) is 58.3 Å². The molecule has 1 saturated carbocycles. The summed E-state index contributed by atoms with van der Waals surface area (Å²) in [5.41, 5.74) is 5.07. The van der Waals surface area contributed by atoms with Gasteiger partial charge in [0.2, 0.25) is 11.0 Å². The van der Waals surface area contributed by atoms with E-state index in [4.69, 9.17) is 0 Å². The normalized spacial score (nSPS) is 17.3. The maximum absolute atomic E-state index is 12.8. The fraction of sp³-hybridized carbons (Fsp3) is 0.500. The van der Waals surface area contributed by atoms with Gasteiger partial charge in [-0.15, -0.1) is 10.2 Å². The molecular formula is C22H28N6O3S2. The van der Waals surface area contributed by atoms with Gasteiger partial charge in [-0.1, -0.05) is 74.4 Å². The van der Waals surface area contributed by atoms with Gasteiger partial charge in [-0.25, -0.2) is 4.79 Å². The molecule has 2 fully saturated rings. The molecule has 1 saturated heterocycles. The minimum absolute atomic E-state index is 0.0183. The molecule has 0 atom stereocenters. The maximum atomic E-state index is 12.8. The van der Waals surface area contributed by atoms with Crippen LogP contribution in [0.1, 0.15) is 57.1 Å². The van der Waals surface area contributed by atoms with Gasteiger partial charge in [0.1, 0.15) is 5.54 Å². The number of nitrogens with one attached hydrogen (secondary N) is 3. The van der Waals surface area contributed by atoms with Gasteiger partial charge in [-0.05, 0) is 36.8 Å². The highest BCUT2D eigenvalue weighted by Gasteiger charge is 2.52. The summed E-state index contributed by atoms with van der Waals surface area (Å²) in [5.74, 6) is -0.787. The minimum Gasteiger partial charge on any atom is -0.330 e. The summed E-state index contributed by atoms with van der Waals surface area (Å²) in [6.45, 7) is 4.23. The molecule has 2 heterocycles. The van der Waals surface area contributed by atoms with E-state index in [1.54, 1.807) is 0 Å². The van der Waals surface area contributed by atoms with Crippen LogP contribution in [0.3, 0.4) is 0 Å². The van der Waals surface area contributed by atoms with Crippen molar-refractivity contribution in [2.45, 2.75) is 68.7 Å². The third-order valence-electron chi connectivity index (χ3n) is 6.07. The number of hydrazine groups is 1. The van der Waals surface area contributed by atoms with Gasteiger partial charge in [-0.2, -0.15) is 5.01 Å². The van der Waals surface area contributed by atoms with Crippen molar-refractivity contribution in [2.24, 2.45) is 0 Å². The van der Waals surface area contributed by atoms with E-state index in [1.807, 2.05) is 0 Å². The molecule has 1 aliphatic heterocycles. The molecule has 4 amide bonds. The summed E-state index contributed by atoms with van der Waals surface area (Å²) < 4.78 is 0.626. The molecule has 4 rings (SSSR count). The quantitative estimate of drug-likeness (QED) is 0.382. The van der Waals surface area contributed by atoms with E-state index in [-0.39, 0.29) is 11.7 Å². The van der Waals surface area contributed by atoms with Crippen LogP contribution in [-0.2, 0) is 22.4 Å². The van der Waals surface area contributed by atoms with Gasteiger partial charge in [0.15, 0.2) is 4.34 Å². The van der Waals surface area contributed by atoms with Crippen molar-refractivity contribution >= 4 is 51.8 Å². The predicted octanol–water partition coefficient (Wildman–Crippen LogP) is 3.78. The molecule has 1 spiro atoms. The first-order chi connectivity index (χ1) is 16.0. The van der Waals surface area contributed by atoms with Crippen molar-refractivity contribution in [1.82, 2.24) is 25.9 Å². The fourth-order valence-electron chi connectivity index (χ4n) is 4.33. The third kappa shape index (κ3) is 4.98. The molecule has 1 aromatic carbocycles. The first-order valence-corrected chi connectivity index (χ1v) is 13.1. The molecule has 2 aromatic rings. The lowest BCUT2D eigenvalue weighted by molar-refractivity contribution is -0.139. The average molecular weight is 489 g/mol. The summed E-state index contributed by atoms with van der Waals surface area (Å²) in [6, 6.07) is 5.68. The Morgan fingerprint density at radius 3 is 2.52 bits per heavy atom. The highest BCUT2D eigenvalue weighted by Crippen LogP contribution is 2.33. The molecule has 33 heavy (non-hydrogen) atoms. The monoisotopic (exact) mass is 488 g/mol. The number of benzene rings is 1. The Bertz CT molecular complexity index is 1030. The van der Waals surface area contributed by atoms with E-state index in [0.717, 1.165) is 42.8 Å². The molecule has 2 aliphatic rings. The second-order valence-electron chi connectivity index (χ2n) is 8.19. The topological polar surface area (TPSA) is 116 Å². The lowest BCUT2D eigenvalue weighted by Gasteiger charge is -2.30.